The Hall–Kier alpha value is -0.330. The van der Waals surface area contributed by atoms with Crippen molar-refractivity contribution in [2.75, 3.05) is 0 Å². The molecule has 0 heterocycles. The Morgan fingerprint density at radius 2 is 1.91 bits per heavy atom. The summed E-state index contributed by atoms with van der Waals surface area (Å²) in [6.07, 6.45) is 2.73. The fourth-order valence-corrected chi connectivity index (χ4v) is 0.739. The third-order valence-electron chi connectivity index (χ3n) is 1.55. The normalized spacial score (nSPS) is 13.5. The summed E-state index contributed by atoms with van der Waals surface area (Å²) < 4.78 is 11.7. The maximum Gasteiger partial charge on any atom is 0.0856 e. The summed E-state index contributed by atoms with van der Waals surface area (Å²) in [5.74, 6) is 0.622. The fourth-order valence-electron chi connectivity index (χ4n) is 0.739. The van der Waals surface area contributed by atoms with Crippen molar-refractivity contribution in [3.05, 3.63) is 11.9 Å². The van der Waals surface area contributed by atoms with E-state index in [1.54, 1.807) is 0 Å². The Morgan fingerprint density at radius 1 is 1.45 bits per heavy atom. The smallest absolute Gasteiger partial charge is 0.0856 e. The highest BCUT2D eigenvalue weighted by molar-refractivity contribution is 4.93. The van der Waals surface area contributed by atoms with E-state index in [0.717, 1.165) is 18.4 Å². The van der Waals surface area contributed by atoms with Crippen molar-refractivity contribution in [2.45, 2.75) is 47.5 Å². The van der Waals surface area contributed by atoms with Gasteiger partial charge in [0.25, 0.3) is 0 Å². The summed E-state index contributed by atoms with van der Waals surface area (Å²) in [5, 5.41) is 0. The van der Waals surface area contributed by atoms with E-state index in [0.29, 0.717) is 12.2 Å². The Bertz CT molecular complexity index is 95.0. The zero-order valence-electron chi connectivity index (χ0n) is 8.45. The predicted octanol–water partition coefficient (Wildman–Crippen LogP) is 4.32. The highest BCUT2D eigenvalue weighted by Crippen LogP contribution is 2.13. The summed E-state index contributed by atoms with van der Waals surface area (Å²) >= 11 is 0. The van der Waals surface area contributed by atoms with E-state index in [1.165, 1.54) is 0 Å². The lowest BCUT2D eigenvalue weighted by atomic mass is 10.0. The van der Waals surface area contributed by atoms with Gasteiger partial charge in [-0.15, -0.1) is 0 Å². The Balaban J connectivity index is 0. The van der Waals surface area contributed by atoms with Crippen LogP contribution in [0.25, 0.3) is 0 Å². The van der Waals surface area contributed by atoms with Crippen LogP contribution in [0.4, 0.5) is 4.39 Å². The molecule has 0 fully saturated rings. The van der Waals surface area contributed by atoms with Crippen LogP contribution < -0.4 is 0 Å². The van der Waals surface area contributed by atoms with Crippen LogP contribution >= 0.6 is 0 Å². The first kappa shape index (κ1) is 13.3. The van der Waals surface area contributed by atoms with Gasteiger partial charge < -0.3 is 0 Å². The van der Waals surface area contributed by atoms with E-state index in [2.05, 4.69) is 13.8 Å². The van der Waals surface area contributed by atoms with Gasteiger partial charge in [-0.05, 0) is 24.8 Å². The summed E-state index contributed by atoms with van der Waals surface area (Å²) in [6.45, 7) is 10.1. The van der Waals surface area contributed by atoms with Crippen molar-refractivity contribution in [3.63, 3.8) is 0 Å². The van der Waals surface area contributed by atoms with Crippen molar-refractivity contribution in [1.29, 1.82) is 0 Å². The van der Waals surface area contributed by atoms with Gasteiger partial charge in [0.2, 0.25) is 0 Å². The molecule has 0 aliphatic carbocycles. The number of rotatable bonds is 3. The standard InChI is InChI=1S/C8H15F.C2H6/c1-4-7(2)5-8(3)6-9;1-2/h6-7H,4-5H2,1-3H3;1-2H3/b8-6-;. The van der Waals surface area contributed by atoms with Gasteiger partial charge in [-0.25, -0.2) is 4.39 Å². The molecule has 11 heavy (non-hydrogen) atoms. The van der Waals surface area contributed by atoms with Crippen LogP contribution in [0.3, 0.4) is 0 Å². The molecule has 0 spiro atoms. The van der Waals surface area contributed by atoms with E-state index < -0.39 is 0 Å². The number of halogens is 1. The van der Waals surface area contributed by atoms with Gasteiger partial charge in [0.05, 0.1) is 6.33 Å². The minimum Gasteiger partial charge on any atom is -0.216 e. The van der Waals surface area contributed by atoms with Crippen molar-refractivity contribution >= 4 is 0 Å². The molecule has 0 aliphatic rings. The first-order valence-corrected chi connectivity index (χ1v) is 4.46. The second-order valence-corrected chi connectivity index (χ2v) is 2.67. The zero-order chi connectivity index (χ0) is 9.28. The van der Waals surface area contributed by atoms with Gasteiger partial charge in [-0.1, -0.05) is 34.1 Å². The number of hydrogen-bond acceptors (Lipinski definition) is 0. The van der Waals surface area contributed by atoms with E-state index in [4.69, 9.17) is 0 Å². The molecule has 0 aromatic rings. The van der Waals surface area contributed by atoms with Gasteiger partial charge in [-0.2, -0.15) is 0 Å². The molecule has 1 heteroatoms. The van der Waals surface area contributed by atoms with Crippen LogP contribution in [-0.2, 0) is 0 Å². The second kappa shape index (κ2) is 9.67. The Morgan fingerprint density at radius 3 is 2.18 bits per heavy atom. The number of allylic oxidation sites excluding steroid dienone is 1. The summed E-state index contributed by atoms with van der Waals surface area (Å²) in [7, 11) is 0. The third kappa shape index (κ3) is 9.67. The van der Waals surface area contributed by atoms with Gasteiger partial charge >= 0.3 is 0 Å². The Kier molecular flexibility index (Phi) is 11.7. The molecule has 0 aromatic carbocycles. The lowest BCUT2D eigenvalue weighted by molar-refractivity contribution is 0.548. The van der Waals surface area contributed by atoms with E-state index in [9.17, 15) is 4.39 Å². The molecule has 0 aromatic heterocycles. The van der Waals surface area contributed by atoms with Gasteiger partial charge in [-0.3, -0.25) is 0 Å². The summed E-state index contributed by atoms with van der Waals surface area (Å²) in [4.78, 5) is 0. The molecule has 0 rings (SSSR count). The van der Waals surface area contributed by atoms with Crippen LogP contribution in [0.1, 0.15) is 47.5 Å². The highest BCUT2D eigenvalue weighted by atomic mass is 19.1. The lowest BCUT2D eigenvalue weighted by Crippen LogP contribution is -1.91. The molecule has 0 nitrogen and oxygen atoms in total. The number of hydrogen-bond donors (Lipinski definition) is 0. The minimum absolute atomic E-state index is 0.622. The molecule has 0 amide bonds. The molecule has 0 saturated heterocycles. The molecule has 1 unspecified atom stereocenters. The molecule has 0 N–H and O–H groups in total. The van der Waals surface area contributed by atoms with E-state index in [-0.39, 0.29) is 0 Å². The molecule has 68 valence electrons. The first-order chi connectivity index (χ1) is 5.20. The quantitative estimate of drug-likeness (QED) is 0.576. The average molecular weight is 160 g/mol. The second-order valence-electron chi connectivity index (χ2n) is 2.67. The van der Waals surface area contributed by atoms with Gasteiger partial charge in [0.1, 0.15) is 0 Å². The van der Waals surface area contributed by atoms with Crippen LogP contribution in [0, 0.1) is 5.92 Å². The van der Waals surface area contributed by atoms with E-state index in [1.807, 2.05) is 20.8 Å². The molecule has 0 bridgehead atoms. The molecule has 0 radical (unpaired) electrons. The average Bonchev–Trinajstić information content (AvgIpc) is 2.07. The molecule has 0 saturated carbocycles. The van der Waals surface area contributed by atoms with Crippen molar-refractivity contribution in [3.8, 4) is 0 Å². The summed E-state index contributed by atoms with van der Waals surface area (Å²) in [5.41, 5.74) is 0.851. The molecule has 1 atom stereocenters. The van der Waals surface area contributed by atoms with Crippen molar-refractivity contribution < 1.29 is 4.39 Å². The zero-order valence-corrected chi connectivity index (χ0v) is 8.45. The fraction of sp³-hybridized carbons (Fsp3) is 0.800. The molecular weight excluding hydrogens is 139 g/mol. The predicted molar refractivity (Wildman–Crippen MR) is 50.3 cm³/mol. The maximum atomic E-state index is 11.7. The highest BCUT2D eigenvalue weighted by Gasteiger charge is 1.98. The largest absolute Gasteiger partial charge is 0.216 e. The third-order valence-corrected chi connectivity index (χ3v) is 1.55. The SMILES string of the molecule is CC.CCC(C)C/C(C)=C\F. The minimum atomic E-state index is 0.622. The van der Waals surface area contributed by atoms with Gasteiger partial charge in [0.15, 0.2) is 0 Å². The Labute approximate surface area is 70.5 Å². The molecule has 0 aliphatic heterocycles. The van der Waals surface area contributed by atoms with Crippen LogP contribution in [0.5, 0.6) is 0 Å². The van der Waals surface area contributed by atoms with Crippen molar-refractivity contribution in [2.24, 2.45) is 5.92 Å². The van der Waals surface area contributed by atoms with Gasteiger partial charge in [0, 0.05) is 0 Å². The topological polar surface area (TPSA) is 0 Å². The summed E-state index contributed by atoms with van der Waals surface area (Å²) in [6, 6.07) is 0. The van der Waals surface area contributed by atoms with Crippen LogP contribution in [0.2, 0.25) is 0 Å². The first-order valence-electron chi connectivity index (χ1n) is 4.46. The molecular formula is C10H21F. The van der Waals surface area contributed by atoms with Crippen molar-refractivity contribution in [1.82, 2.24) is 0 Å². The van der Waals surface area contributed by atoms with Crippen LogP contribution in [0.15, 0.2) is 11.9 Å². The van der Waals surface area contributed by atoms with E-state index >= 15 is 0 Å². The maximum absolute atomic E-state index is 11.7. The lowest BCUT2D eigenvalue weighted by Gasteiger charge is -2.05. The van der Waals surface area contributed by atoms with Crippen LogP contribution in [-0.4, -0.2) is 0 Å². The monoisotopic (exact) mass is 160 g/mol.